The van der Waals surface area contributed by atoms with E-state index in [2.05, 4.69) is 109 Å². The molecule has 0 saturated carbocycles. The highest BCUT2D eigenvalue weighted by molar-refractivity contribution is 7.00. The van der Waals surface area contributed by atoms with Crippen LogP contribution in [0.25, 0.3) is 99.5 Å². The Morgan fingerprint density at radius 3 is 0.856 bits per heavy atom. The quantitative estimate of drug-likeness (QED) is 0.101. The predicted octanol–water partition coefficient (Wildman–Crippen LogP) is 32.1. The van der Waals surface area contributed by atoms with Crippen molar-refractivity contribution in [3.05, 3.63) is 305 Å². The molecule has 0 atom stereocenters. The van der Waals surface area contributed by atoms with Gasteiger partial charge in [0.15, 0.2) is 0 Å². The van der Waals surface area contributed by atoms with E-state index in [4.69, 9.17) is 0 Å². The summed E-state index contributed by atoms with van der Waals surface area (Å²) in [5.74, 6) is 0. The number of hydrogen-bond acceptors (Lipinski definition) is 2. The molecule has 0 aliphatic carbocycles. The first-order chi connectivity index (χ1) is 66.5. The smallest absolute Gasteiger partial charge is 0.252 e. The Balaban J connectivity index is 1.17. The van der Waals surface area contributed by atoms with Gasteiger partial charge in [-0.05, 0) is 273 Å². The van der Waals surface area contributed by atoms with Gasteiger partial charge in [0.1, 0.15) is 0 Å². The predicted molar refractivity (Wildman–Crippen MR) is 546 cm³/mol. The first-order valence-electron chi connectivity index (χ1n) is 54.5. The summed E-state index contributed by atoms with van der Waals surface area (Å²) < 4.78 is 207. The number of fused-ring (bicyclic) bond motifs is 10. The minimum absolute atomic E-state index is 0.209. The molecule has 17 rings (SSSR count). The van der Waals surface area contributed by atoms with Crippen LogP contribution in [0.15, 0.2) is 255 Å². The molecule has 0 bridgehead atoms. The van der Waals surface area contributed by atoms with Crippen molar-refractivity contribution in [1.82, 2.24) is 9.13 Å². The second-order valence-electron chi connectivity index (χ2n) is 44.3. The summed E-state index contributed by atoms with van der Waals surface area (Å²) in [4.78, 5) is 4.46. The summed E-state index contributed by atoms with van der Waals surface area (Å²) in [5.41, 5.74) is 7.84. The van der Waals surface area contributed by atoms with Crippen LogP contribution in [0.2, 0.25) is 0 Å². The molecule has 2 aliphatic heterocycles. The lowest BCUT2D eigenvalue weighted by molar-refractivity contribution is 0.410. The Morgan fingerprint density at radius 2 is 0.560 bits per heavy atom. The Labute approximate surface area is 777 Å². The van der Waals surface area contributed by atoms with Gasteiger partial charge in [-0.3, -0.25) is 0 Å². The standard InChI is InChI=1S/C120H135BN4/c1-112(2,3)70-76-36-32-40-82(56-76)93-60-80(74-116(13,14)15)61-94(83-41-33-37-77(57-83)71-113(4,5)6)110(93)124-105-68-89(122-101-46-30-28-44-91(101)97-64-86(118(19,20)21)48-54-103(97)122)50-52-99(105)121-100-53-51-90(123-102-47-31-29-45-92(102)98-65-87(119(22,23)24)49-55-104(98)123)69-106(100)125(108-67-88(120(25,26)27)66-107(124)109(108)121)111-95(84-42-34-38-78(58-84)72-114(7,8)9)62-81(75-117(16,17)18)63-96(111)85-43-35-39-79(59-85)73-115(10,11)12/h28-69H,70-75H2,1-27H3/i28D,29D,30D,31D,44D,45D,46D,47D,70D2,71D2,72D2,73D2,74D2,75D2. The van der Waals surface area contributed by atoms with Crippen LogP contribution in [0.3, 0.4) is 0 Å². The summed E-state index contributed by atoms with van der Waals surface area (Å²) >= 11 is 0. The second kappa shape index (κ2) is 31.0. The van der Waals surface area contributed by atoms with Gasteiger partial charge in [0.2, 0.25) is 0 Å². The lowest BCUT2D eigenvalue weighted by Crippen LogP contribution is -2.61. The van der Waals surface area contributed by atoms with Crippen molar-refractivity contribution < 1.29 is 27.4 Å². The van der Waals surface area contributed by atoms with E-state index in [9.17, 15) is 27.4 Å². The van der Waals surface area contributed by atoms with Crippen LogP contribution < -0.4 is 26.2 Å². The van der Waals surface area contributed by atoms with Gasteiger partial charge >= 0.3 is 0 Å². The fourth-order valence-electron chi connectivity index (χ4n) is 18.5. The van der Waals surface area contributed by atoms with Crippen LogP contribution in [0.5, 0.6) is 0 Å². The topological polar surface area (TPSA) is 16.3 Å². The van der Waals surface area contributed by atoms with Crippen LogP contribution in [0, 0.1) is 32.5 Å². The zero-order valence-electron chi connectivity index (χ0n) is 98.5. The molecule has 0 saturated heterocycles. The van der Waals surface area contributed by atoms with Gasteiger partial charge < -0.3 is 18.9 Å². The third kappa shape index (κ3) is 17.4. The molecule has 2 aliphatic rings. The molecular formula is C120H135BN4. The first kappa shape index (κ1) is 64.8. The Bertz CT molecular complexity index is 7250. The Kier molecular flexibility index (Phi) is 16.1. The lowest BCUT2D eigenvalue weighted by atomic mass is 9.33. The van der Waals surface area contributed by atoms with Crippen molar-refractivity contribution in [3.8, 4) is 55.9 Å². The molecule has 0 spiro atoms. The van der Waals surface area contributed by atoms with E-state index in [0.717, 1.165) is 16.7 Å². The van der Waals surface area contributed by atoms with Crippen LogP contribution in [-0.4, -0.2) is 15.8 Å². The molecule has 4 nitrogen and oxygen atoms in total. The monoisotopic (exact) mass is 1660 g/mol. The number of aromatic nitrogens is 2. The van der Waals surface area contributed by atoms with Crippen LogP contribution in [0.1, 0.15) is 264 Å². The molecule has 0 radical (unpaired) electrons. The zero-order chi connectivity index (χ0) is 107. The minimum Gasteiger partial charge on any atom is -0.310 e. The number of anilines is 6. The molecule has 0 unspecified atom stereocenters. The third-order valence-electron chi connectivity index (χ3n) is 23.4. The van der Waals surface area contributed by atoms with Gasteiger partial charge in [-0.2, -0.15) is 0 Å². The van der Waals surface area contributed by atoms with E-state index in [1.807, 2.05) is 279 Å². The van der Waals surface area contributed by atoms with Crippen molar-refractivity contribution in [1.29, 1.82) is 0 Å². The van der Waals surface area contributed by atoms with E-state index >= 15 is 0 Å². The molecule has 638 valence electrons. The first-order valence-corrected chi connectivity index (χ1v) is 44.5. The number of rotatable bonds is 14. The fraction of sp³-hybridized carbons (Fsp3) is 0.350. The second-order valence-corrected chi connectivity index (χ2v) is 44.3. The molecular weight excluding hydrogens is 1510 g/mol. The molecule has 125 heavy (non-hydrogen) atoms. The van der Waals surface area contributed by atoms with Crippen LogP contribution in [0.4, 0.5) is 34.1 Å². The highest BCUT2D eigenvalue weighted by Crippen LogP contribution is 2.57. The molecule has 2 aromatic heterocycles. The van der Waals surface area contributed by atoms with Crippen molar-refractivity contribution in [2.45, 2.75) is 241 Å². The van der Waals surface area contributed by atoms with E-state index in [-0.39, 0.29) is 46.3 Å². The van der Waals surface area contributed by atoms with E-state index < -0.39 is 118 Å². The Morgan fingerprint density at radius 1 is 0.264 bits per heavy atom. The SMILES string of the molecule is [2H]c1c([2H])c([2H])c2c(c1[2H])c1cc(C(C)(C)C)ccc1n2-c1ccc2c(c1)N(c1c(-c3cccc(C([2H])([2H])C(C)(C)C)c3)cc(C([2H])([2H])C(C)(C)C)cc1-c1cccc(C([2H])([2H])C(C)(C)C)c1)c1cc(C(C)(C)C)cc3c1B2c1ccc(-n2c4ccc(C(C)(C)C)cc4c4c([2H])c([2H])c([2H])c([2H])c42)cc1N3c1c(-c2cccc(C([2H])([2H])C(C)(C)C)c2)cc(C([2H])([2H])C(C)(C)C)cc1-c1cccc(C([2H])([2H])C(C)(C)C)c1. The summed E-state index contributed by atoms with van der Waals surface area (Å²) in [5, 5.41) is 1.77. The molecule has 0 fully saturated rings. The maximum Gasteiger partial charge on any atom is 0.252 e. The van der Waals surface area contributed by atoms with Crippen molar-refractivity contribution in [2.24, 2.45) is 32.5 Å². The molecule has 13 aromatic carbocycles. The molecule has 5 heteroatoms. The van der Waals surface area contributed by atoms with Crippen LogP contribution >= 0.6 is 0 Å². The summed E-state index contributed by atoms with van der Waals surface area (Å²) in [6.07, 6.45) is -12.4. The average molecular weight is 1660 g/mol. The minimum atomic E-state index is -2.17. The fourth-order valence-corrected chi connectivity index (χ4v) is 18.5. The molecule has 0 N–H and O–H groups in total. The average Bonchev–Trinajstić information content (AvgIpc) is 1.63. The maximum absolute atomic E-state index is 10.7. The number of benzene rings is 13. The van der Waals surface area contributed by atoms with Gasteiger partial charge in [-0.25, -0.2) is 0 Å². The zero-order valence-corrected chi connectivity index (χ0v) is 78.5. The van der Waals surface area contributed by atoms with Gasteiger partial charge in [-0.1, -0.05) is 345 Å². The van der Waals surface area contributed by atoms with E-state index in [1.165, 1.54) is 0 Å². The van der Waals surface area contributed by atoms with Crippen molar-refractivity contribution in [2.75, 3.05) is 9.80 Å². The lowest BCUT2D eigenvalue weighted by Gasteiger charge is -2.46. The summed E-state index contributed by atoms with van der Waals surface area (Å²) in [6, 6.07) is 63.3. The van der Waals surface area contributed by atoms with Gasteiger partial charge in [0.05, 0.1) is 44.4 Å². The van der Waals surface area contributed by atoms with Gasteiger partial charge in [-0.15, -0.1) is 0 Å². The van der Waals surface area contributed by atoms with Crippen molar-refractivity contribution in [3.63, 3.8) is 0 Å². The maximum atomic E-state index is 10.7. The van der Waals surface area contributed by atoms with Gasteiger partial charge in [0, 0.05) is 94.4 Å². The number of nitrogens with zero attached hydrogens (tertiary/aromatic N) is 4. The number of para-hydroxylation sites is 2. The molecule has 15 aromatic rings. The van der Waals surface area contributed by atoms with Gasteiger partial charge in [0.25, 0.3) is 6.71 Å². The van der Waals surface area contributed by atoms with E-state index in [1.54, 1.807) is 24.3 Å². The van der Waals surface area contributed by atoms with Crippen LogP contribution in [-0.2, 0) is 54.5 Å². The molecule has 4 heterocycles. The largest absolute Gasteiger partial charge is 0.310 e. The summed E-state index contributed by atoms with van der Waals surface area (Å²) in [7, 11) is 0. The molecule has 0 amide bonds. The van der Waals surface area contributed by atoms with Crippen molar-refractivity contribution >= 4 is 101 Å². The highest BCUT2D eigenvalue weighted by atomic mass is 15.2. The third-order valence-corrected chi connectivity index (χ3v) is 23.4. The number of hydrogen-bond donors (Lipinski definition) is 0. The highest BCUT2D eigenvalue weighted by Gasteiger charge is 2.47. The normalized spacial score (nSPS) is 16.7. The summed E-state index contributed by atoms with van der Waals surface area (Å²) in [6.45, 7) is 51.5. The van der Waals surface area contributed by atoms with E-state index in [0.29, 0.717) is 161 Å². The Hall–Kier alpha value is -10.9.